The summed E-state index contributed by atoms with van der Waals surface area (Å²) in [6.07, 6.45) is 1.21. The average Bonchev–Trinajstić information content (AvgIpc) is 2.98. The lowest BCUT2D eigenvalue weighted by Gasteiger charge is -2.42. The van der Waals surface area contributed by atoms with Crippen molar-refractivity contribution in [1.82, 2.24) is 24.6 Å². The van der Waals surface area contributed by atoms with E-state index in [-0.39, 0.29) is 5.56 Å². The van der Waals surface area contributed by atoms with Crippen LogP contribution in [0.3, 0.4) is 0 Å². The normalized spacial score (nSPS) is 26.0. The van der Waals surface area contributed by atoms with Gasteiger partial charge in [0.25, 0.3) is 5.56 Å². The molecule has 0 spiro atoms. The predicted octanol–water partition coefficient (Wildman–Crippen LogP) is 0.767. The molecule has 0 amide bonds. The van der Waals surface area contributed by atoms with Crippen molar-refractivity contribution in [2.24, 2.45) is 5.92 Å². The van der Waals surface area contributed by atoms with E-state index < -0.39 is 0 Å². The summed E-state index contributed by atoms with van der Waals surface area (Å²) in [7, 11) is 0. The van der Waals surface area contributed by atoms with E-state index >= 15 is 0 Å². The van der Waals surface area contributed by atoms with Crippen molar-refractivity contribution in [2.45, 2.75) is 38.5 Å². The van der Waals surface area contributed by atoms with Crippen LogP contribution in [-0.2, 0) is 26.2 Å². The Morgan fingerprint density at radius 1 is 1.25 bits per heavy atom. The number of rotatable bonds is 2. The molecule has 0 aromatic carbocycles. The lowest BCUT2D eigenvalue weighted by molar-refractivity contribution is 0.113. The standard InChI is InChI=1S/C18H23N5O/c24-18-3-1-2-17-14-6-13(10-22(17)18)9-21(11-14)12-15-7-16-8-19-4-5-23(16)20-15/h1-3,7,13-14,19H,4-6,8-12H2/t13-,14+/m1/s1. The lowest BCUT2D eigenvalue weighted by atomic mass is 9.83. The first-order chi connectivity index (χ1) is 11.8. The Balaban J connectivity index is 1.37. The monoisotopic (exact) mass is 325 g/mol. The van der Waals surface area contributed by atoms with Gasteiger partial charge in [-0.1, -0.05) is 6.07 Å². The highest BCUT2D eigenvalue weighted by Crippen LogP contribution is 2.35. The molecule has 3 aliphatic rings. The Hall–Kier alpha value is -1.92. The number of fused-ring (bicyclic) bond motifs is 5. The first-order valence-electron chi connectivity index (χ1n) is 8.95. The maximum Gasteiger partial charge on any atom is 0.250 e. The first-order valence-corrected chi connectivity index (χ1v) is 8.95. The summed E-state index contributed by atoms with van der Waals surface area (Å²) in [5.74, 6) is 1.06. The van der Waals surface area contributed by atoms with Gasteiger partial charge in [0.1, 0.15) is 0 Å². The second kappa shape index (κ2) is 5.57. The number of likely N-dealkylation sites (tertiary alicyclic amines) is 1. The Bertz CT molecular complexity index is 800. The van der Waals surface area contributed by atoms with Crippen LogP contribution >= 0.6 is 0 Å². The SMILES string of the molecule is O=c1cccc2n1C[C@@H]1C[C@H]2CN(Cc2cc3n(n2)CCNC3)C1. The van der Waals surface area contributed by atoms with Crippen LogP contribution in [0.2, 0.25) is 0 Å². The number of nitrogens with zero attached hydrogens (tertiary/aromatic N) is 4. The van der Waals surface area contributed by atoms with E-state index in [4.69, 9.17) is 5.10 Å². The van der Waals surface area contributed by atoms with Gasteiger partial charge in [-0.15, -0.1) is 0 Å². The van der Waals surface area contributed by atoms with E-state index in [2.05, 4.69) is 27.0 Å². The molecule has 0 saturated carbocycles. The van der Waals surface area contributed by atoms with E-state index in [0.717, 1.165) is 45.8 Å². The largest absolute Gasteiger partial charge is 0.312 e. The molecule has 2 bridgehead atoms. The smallest absolute Gasteiger partial charge is 0.250 e. The lowest BCUT2D eigenvalue weighted by Crippen LogP contribution is -2.46. The molecule has 0 radical (unpaired) electrons. The molecule has 1 saturated heterocycles. The summed E-state index contributed by atoms with van der Waals surface area (Å²) in [5, 5.41) is 8.18. The molecule has 1 fully saturated rings. The summed E-state index contributed by atoms with van der Waals surface area (Å²) in [5.41, 5.74) is 3.85. The van der Waals surface area contributed by atoms with E-state index in [1.54, 1.807) is 6.07 Å². The summed E-state index contributed by atoms with van der Waals surface area (Å²) >= 11 is 0. The van der Waals surface area contributed by atoms with Crippen LogP contribution in [0.4, 0.5) is 0 Å². The maximum atomic E-state index is 12.1. The Labute approximate surface area is 141 Å². The predicted molar refractivity (Wildman–Crippen MR) is 90.8 cm³/mol. The quantitative estimate of drug-likeness (QED) is 0.886. The highest BCUT2D eigenvalue weighted by Gasteiger charge is 2.34. The summed E-state index contributed by atoms with van der Waals surface area (Å²) in [4.78, 5) is 14.6. The van der Waals surface area contributed by atoms with Gasteiger partial charge in [-0.2, -0.15) is 5.10 Å². The molecule has 3 aliphatic heterocycles. The van der Waals surface area contributed by atoms with Crippen LogP contribution in [0.1, 0.15) is 29.4 Å². The third-order valence-electron chi connectivity index (χ3n) is 5.66. The average molecular weight is 325 g/mol. The van der Waals surface area contributed by atoms with Crippen molar-refractivity contribution in [1.29, 1.82) is 0 Å². The molecule has 126 valence electrons. The van der Waals surface area contributed by atoms with Crippen molar-refractivity contribution in [2.75, 3.05) is 19.6 Å². The van der Waals surface area contributed by atoms with Crippen molar-refractivity contribution in [3.05, 3.63) is 51.7 Å². The third-order valence-corrected chi connectivity index (χ3v) is 5.66. The van der Waals surface area contributed by atoms with Crippen LogP contribution in [0.5, 0.6) is 0 Å². The van der Waals surface area contributed by atoms with Crippen molar-refractivity contribution in [3.63, 3.8) is 0 Å². The number of aromatic nitrogens is 3. The van der Waals surface area contributed by atoms with Crippen LogP contribution < -0.4 is 10.9 Å². The second-order valence-electron chi connectivity index (χ2n) is 7.42. The van der Waals surface area contributed by atoms with Gasteiger partial charge >= 0.3 is 0 Å². The molecule has 6 nitrogen and oxygen atoms in total. The Morgan fingerprint density at radius 3 is 3.12 bits per heavy atom. The molecular formula is C18H23N5O. The molecule has 0 aliphatic carbocycles. The number of hydrogen-bond acceptors (Lipinski definition) is 4. The van der Waals surface area contributed by atoms with Crippen molar-refractivity contribution >= 4 is 0 Å². The topological polar surface area (TPSA) is 55.1 Å². The minimum Gasteiger partial charge on any atom is -0.312 e. The molecule has 2 atom stereocenters. The molecule has 2 aromatic heterocycles. The highest BCUT2D eigenvalue weighted by molar-refractivity contribution is 5.18. The number of hydrogen-bond donors (Lipinski definition) is 1. The zero-order valence-corrected chi connectivity index (χ0v) is 13.8. The molecule has 2 aromatic rings. The fourth-order valence-corrected chi connectivity index (χ4v) is 4.68. The minimum absolute atomic E-state index is 0.157. The van der Waals surface area contributed by atoms with Gasteiger partial charge in [-0.3, -0.25) is 14.4 Å². The van der Waals surface area contributed by atoms with Gasteiger partial charge in [0, 0.05) is 56.9 Å². The number of pyridine rings is 1. The van der Waals surface area contributed by atoms with Crippen molar-refractivity contribution in [3.8, 4) is 0 Å². The van der Waals surface area contributed by atoms with E-state index in [1.165, 1.54) is 23.5 Å². The highest BCUT2D eigenvalue weighted by atomic mass is 16.1. The Morgan fingerprint density at radius 2 is 2.21 bits per heavy atom. The molecule has 1 N–H and O–H groups in total. The van der Waals surface area contributed by atoms with Crippen molar-refractivity contribution < 1.29 is 0 Å². The van der Waals surface area contributed by atoms with Crippen LogP contribution in [-0.4, -0.2) is 38.9 Å². The van der Waals surface area contributed by atoms with Gasteiger partial charge in [0.2, 0.25) is 0 Å². The molecule has 5 heterocycles. The Kier molecular flexibility index (Phi) is 3.35. The zero-order chi connectivity index (χ0) is 16.1. The molecular weight excluding hydrogens is 302 g/mol. The van der Waals surface area contributed by atoms with Gasteiger partial charge in [-0.25, -0.2) is 0 Å². The third kappa shape index (κ3) is 2.41. The summed E-state index contributed by atoms with van der Waals surface area (Å²) in [6, 6.07) is 7.97. The number of nitrogens with one attached hydrogen (secondary N) is 1. The van der Waals surface area contributed by atoms with Crippen LogP contribution in [0, 0.1) is 5.92 Å². The second-order valence-corrected chi connectivity index (χ2v) is 7.42. The summed E-state index contributed by atoms with van der Waals surface area (Å²) in [6.45, 7) is 6.78. The van der Waals surface area contributed by atoms with E-state index in [9.17, 15) is 4.79 Å². The van der Waals surface area contributed by atoms with Crippen LogP contribution in [0.15, 0.2) is 29.1 Å². The fourth-order valence-electron chi connectivity index (χ4n) is 4.68. The van der Waals surface area contributed by atoms with Crippen LogP contribution in [0.25, 0.3) is 0 Å². The van der Waals surface area contributed by atoms with E-state index in [0.29, 0.717) is 11.8 Å². The molecule has 24 heavy (non-hydrogen) atoms. The minimum atomic E-state index is 0.157. The van der Waals surface area contributed by atoms with Gasteiger partial charge < -0.3 is 9.88 Å². The molecule has 5 rings (SSSR count). The summed E-state index contributed by atoms with van der Waals surface area (Å²) < 4.78 is 4.14. The van der Waals surface area contributed by atoms with Gasteiger partial charge in [0.05, 0.1) is 17.9 Å². The molecule has 0 unspecified atom stereocenters. The zero-order valence-electron chi connectivity index (χ0n) is 13.8. The van der Waals surface area contributed by atoms with Gasteiger partial charge in [-0.05, 0) is 24.5 Å². The molecule has 6 heteroatoms. The fraction of sp³-hybridized carbons (Fsp3) is 0.556. The maximum absolute atomic E-state index is 12.1. The van der Waals surface area contributed by atoms with E-state index in [1.807, 2.05) is 10.6 Å². The first kappa shape index (κ1) is 14.4. The number of piperidine rings is 1. The van der Waals surface area contributed by atoms with Gasteiger partial charge in [0.15, 0.2) is 0 Å².